The summed E-state index contributed by atoms with van der Waals surface area (Å²) in [7, 11) is 0. The van der Waals surface area contributed by atoms with E-state index in [1.165, 1.54) is 24.0 Å². The van der Waals surface area contributed by atoms with Crippen LogP contribution >= 0.6 is 0 Å². The lowest BCUT2D eigenvalue weighted by atomic mass is 10.2. The van der Waals surface area contributed by atoms with E-state index in [2.05, 4.69) is 16.4 Å². The van der Waals surface area contributed by atoms with Crippen LogP contribution in [0.4, 0.5) is 0 Å². The van der Waals surface area contributed by atoms with E-state index in [1.807, 2.05) is 43.5 Å². The molecule has 19 heavy (non-hydrogen) atoms. The van der Waals surface area contributed by atoms with Gasteiger partial charge in [0.2, 0.25) is 5.88 Å². The predicted molar refractivity (Wildman–Crippen MR) is 75.4 cm³/mol. The molecular formula is C16H18N2O. The molecule has 98 valence electrons. The van der Waals surface area contributed by atoms with Crippen molar-refractivity contribution in [1.29, 1.82) is 0 Å². The molecule has 0 aliphatic heterocycles. The van der Waals surface area contributed by atoms with Gasteiger partial charge in [0.15, 0.2) is 0 Å². The molecule has 1 aromatic heterocycles. The lowest BCUT2D eigenvalue weighted by molar-refractivity contribution is 0.462. The molecule has 2 aromatic rings. The number of pyridine rings is 1. The lowest BCUT2D eigenvalue weighted by Crippen LogP contribution is -2.15. The highest BCUT2D eigenvalue weighted by atomic mass is 16.5. The molecule has 0 radical (unpaired) electrons. The second kappa shape index (κ2) is 5.41. The van der Waals surface area contributed by atoms with Crippen molar-refractivity contribution in [2.75, 3.05) is 0 Å². The van der Waals surface area contributed by atoms with E-state index in [9.17, 15) is 0 Å². The molecule has 0 bridgehead atoms. The maximum atomic E-state index is 5.72. The monoisotopic (exact) mass is 254 g/mol. The lowest BCUT2D eigenvalue weighted by Gasteiger charge is -2.07. The predicted octanol–water partition coefficient (Wildman–Crippen LogP) is 3.43. The Labute approximate surface area is 113 Å². The molecule has 1 saturated carbocycles. The van der Waals surface area contributed by atoms with Gasteiger partial charge in [0.25, 0.3) is 0 Å². The fraction of sp³-hybridized carbons (Fsp3) is 0.312. The molecule has 1 aliphatic rings. The van der Waals surface area contributed by atoms with Crippen LogP contribution in [-0.2, 0) is 6.54 Å². The summed E-state index contributed by atoms with van der Waals surface area (Å²) in [6, 6.07) is 12.7. The zero-order chi connectivity index (χ0) is 13.1. The van der Waals surface area contributed by atoms with Gasteiger partial charge < -0.3 is 10.1 Å². The Kier molecular flexibility index (Phi) is 3.47. The molecule has 0 saturated heterocycles. The van der Waals surface area contributed by atoms with Gasteiger partial charge in [0.05, 0.1) is 0 Å². The number of benzene rings is 1. The number of aromatic nitrogens is 1. The van der Waals surface area contributed by atoms with E-state index in [1.54, 1.807) is 0 Å². The zero-order valence-corrected chi connectivity index (χ0v) is 11.1. The standard InChI is InChI=1S/C16H18N2O/c1-12-3-2-4-15(9-12)19-16-8-5-13(11-18-16)10-17-14-6-7-14/h2-5,8-9,11,14,17H,6-7,10H2,1H3. The Morgan fingerprint density at radius 2 is 2.16 bits per heavy atom. The Morgan fingerprint density at radius 3 is 2.84 bits per heavy atom. The van der Waals surface area contributed by atoms with E-state index < -0.39 is 0 Å². The van der Waals surface area contributed by atoms with Crippen molar-refractivity contribution in [2.24, 2.45) is 0 Å². The summed E-state index contributed by atoms with van der Waals surface area (Å²) < 4.78 is 5.72. The largest absolute Gasteiger partial charge is 0.439 e. The quantitative estimate of drug-likeness (QED) is 0.887. The molecule has 0 unspecified atom stereocenters. The number of rotatable bonds is 5. The number of hydrogen-bond acceptors (Lipinski definition) is 3. The van der Waals surface area contributed by atoms with E-state index in [0.29, 0.717) is 5.88 Å². The first kappa shape index (κ1) is 12.2. The molecule has 0 atom stereocenters. The first-order chi connectivity index (χ1) is 9.29. The van der Waals surface area contributed by atoms with Crippen LogP contribution in [0.15, 0.2) is 42.6 Å². The fourth-order valence-electron chi connectivity index (χ4n) is 1.93. The Bertz CT molecular complexity index is 547. The molecule has 1 fully saturated rings. The molecule has 0 spiro atoms. The first-order valence-electron chi connectivity index (χ1n) is 6.72. The summed E-state index contributed by atoms with van der Waals surface area (Å²) in [5, 5.41) is 3.47. The number of nitrogens with zero attached hydrogens (tertiary/aromatic N) is 1. The van der Waals surface area contributed by atoms with Gasteiger partial charge >= 0.3 is 0 Å². The second-order valence-electron chi connectivity index (χ2n) is 5.08. The third-order valence-corrected chi connectivity index (χ3v) is 3.18. The molecule has 1 heterocycles. The van der Waals surface area contributed by atoms with Crippen molar-refractivity contribution in [3.8, 4) is 11.6 Å². The summed E-state index contributed by atoms with van der Waals surface area (Å²) in [6.45, 7) is 2.94. The number of aryl methyl sites for hydroxylation is 1. The van der Waals surface area contributed by atoms with Crippen molar-refractivity contribution in [2.45, 2.75) is 32.4 Å². The Hall–Kier alpha value is -1.87. The number of hydrogen-bond donors (Lipinski definition) is 1. The van der Waals surface area contributed by atoms with Crippen LogP contribution in [-0.4, -0.2) is 11.0 Å². The van der Waals surface area contributed by atoms with E-state index in [0.717, 1.165) is 18.3 Å². The van der Waals surface area contributed by atoms with E-state index in [-0.39, 0.29) is 0 Å². The van der Waals surface area contributed by atoms with Crippen LogP contribution in [0, 0.1) is 6.92 Å². The molecule has 1 N–H and O–H groups in total. The van der Waals surface area contributed by atoms with Gasteiger partial charge in [-0.3, -0.25) is 0 Å². The molecule has 0 amide bonds. The van der Waals surface area contributed by atoms with Gasteiger partial charge in [-0.2, -0.15) is 0 Å². The van der Waals surface area contributed by atoms with Crippen LogP contribution in [0.5, 0.6) is 11.6 Å². The minimum atomic E-state index is 0.640. The Morgan fingerprint density at radius 1 is 1.26 bits per heavy atom. The maximum Gasteiger partial charge on any atom is 0.219 e. The van der Waals surface area contributed by atoms with Crippen LogP contribution < -0.4 is 10.1 Å². The molecule has 3 rings (SSSR count). The van der Waals surface area contributed by atoms with E-state index >= 15 is 0 Å². The van der Waals surface area contributed by atoms with E-state index in [4.69, 9.17) is 4.74 Å². The van der Waals surface area contributed by atoms with Crippen molar-refractivity contribution in [1.82, 2.24) is 10.3 Å². The highest BCUT2D eigenvalue weighted by Gasteiger charge is 2.19. The summed E-state index contributed by atoms with van der Waals surface area (Å²) in [4.78, 5) is 4.34. The van der Waals surface area contributed by atoms with Crippen LogP contribution in [0.1, 0.15) is 24.0 Å². The average Bonchev–Trinajstić information content (AvgIpc) is 3.22. The van der Waals surface area contributed by atoms with Gasteiger partial charge in [-0.05, 0) is 43.0 Å². The first-order valence-corrected chi connectivity index (χ1v) is 6.72. The summed E-state index contributed by atoms with van der Waals surface area (Å²) in [5.41, 5.74) is 2.38. The molecule has 3 heteroatoms. The number of nitrogens with one attached hydrogen (secondary N) is 1. The fourth-order valence-corrected chi connectivity index (χ4v) is 1.93. The third kappa shape index (κ3) is 3.55. The van der Waals surface area contributed by atoms with Gasteiger partial charge in [0, 0.05) is 24.8 Å². The van der Waals surface area contributed by atoms with Gasteiger partial charge in [-0.25, -0.2) is 4.98 Å². The molecule has 1 aromatic carbocycles. The van der Waals surface area contributed by atoms with Crippen LogP contribution in [0.2, 0.25) is 0 Å². The minimum absolute atomic E-state index is 0.640. The van der Waals surface area contributed by atoms with Crippen LogP contribution in [0.25, 0.3) is 0 Å². The molecule has 3 nitrogen and oxygen atoms in total. The summed E-state index contributed by atoms with van der Waals surface area (Å²) in [6.07, 6.45) is 4.49. The third-order valence-electron chi connectivity index (χ3n) is 3.18. The van der Waals surface area contributed by atoms with Gasteiger partial charge in [0.1, 0.15) is 5.75 Å². The summed E-state index contributed by atoms with van der Waals surface area (Å²) >= 11 is 0. The van der Waals surface area contributed by atoms with Crippen molar-refractivity contribution in [3.05, 3.63) is 53.7 Å². The molecular weight excluding hydrogens is 236 g/mol. The highest BCUT2D eigenvalue weighted by Crippen LogP contribution is 2.21. The van der Waals surface area contributed by atoms with Gasteiger partial charge in [-0.15, -0.1) is 0 Å². The van der Waals surface area contributed by atoms with Crippen molar-refractivity contribution in [3.63, 3.8) is 0 Å². The average molecular weight is 254 g/mol. The zero-order valence-electron chi connectivity index (χ0n) is 11.1. The highest BCUT2D eigenvalue weighted by molar-refractivity contribution is 5.31. The SMILES string of the molecule is Cc1cccc(Oc2ccc(CNC3CC3)cn2)c1. The van der Waals surface area contributed by atoms with Crippen molar-refractivity contribution >= 4 is 0 Å². The summed E-state index contributed by atoms with van der Waals surface area (Å²) in [5.74, 6) is 1.47. The second-order valence-corrected chi connectivity index (χ2v) is 5.08. The number of ether oxygens (including phenoxy) is 1. The Balaban J connectivity index is 1.61. The van der Waals surface area contributed by atoms with Crippen LogP contribution in [0.3, 0.4) is 0 Å². The minimum Gasteiger partial charge on any atom is -0.439 e. The normalized spacial score (nSPS) is 14.4. The van der Waals surface area contributed by atoms with Crippen molar-refractivity contribution < 1.29 is 4.74 Å². The maximum absolute atomic E-state index is 5.72. The molecule has 1 aliphatic carbocycles. The smallest absolute Gasteiger partial charge is 0.219 e. The van der Waals surface area contributed by atoms with Gasteiger partial charge in [-0.1, -0.05) is 18.2 Å². The topological polar surface area (TPSA) is 34.1 Å².